The van der Waals surface area contributed by atoms with Crippen LogP contribution in [-0.4, -0.2) is 65.0 Å². The van der Waals surface area contributed by atoms with Gasteiger partial charge in [0.2, 0.25) is 5.95 Å². The van der Waals surface area contributed by atoms with E-state index in [0.717, 1.165) is 56.0 Å². The van der Waals surface area contributed by atoms with Crippen LogP contribution in [0.1, 0.15) is 41.6 Å². The molecule has 1 aliphatic rings. The predicted molar refractivity (Wildman–Crippen MR) is 123 cm³/mol. The first-order valence-corrected chi connectivity index (χ1v) is 11.4. The molecule has 2 heterocycles. The number of carbonyl (C=O) groups is 1. The highest BCUT2D eigenvalue weighted by molar-refractivity contribution is 6.30. The molecular formula is C23H31ClN4O4. The number of ether oxygens (including phenoxy) is 1. The molecular weight excluding hydrogens is 432 g/mol. The smallest absolute Gasteiger partial charge is 0.251 e. The van der Waals surface area contributed by atoms with Crippen molar-refractivity contribution in [2.45, 2.75) is 38.6 Å². The second-order valence-electron chi connectivity index (χ2n) is 8.13. The number of nitrogens with zero attached hydrogens (tertiary/aromatic N) is 3. The average Bonchev–Trinajstić information content (AvgIpc) is 2.81. The van der Waals surface area contributed by atoms with Gasteiger partial charge in [-0.15, -0.1) is 0 Å². The lowest BCUT2D eigenvalue weighted by Crippen LogP contribution is -2.40. The number of aromatic nitrogens is 2. The van der Waals surface area contributed by atoms with Crippen molar-refractivity contribution in [3.05, 3.63) is 46.7 Å². The SMILES string of the molecule is Cc1cc(OCCCC2CCN(c3ncc(Cl)cn3)CC2)ccc1C(=O)NC(CO)CO. The van der Waals surface area contributed by atoms with Gasteiger partial charge >= 0.3 is 0 Å². The Hall–Kier alpha value is -2.42. The monoisotopic (exact) mass is 462 g/mol. The van der Waals surface area contributed by atoms with Gasteiger partial charge in [-0.3, -0.25) is 4.79 Å². The van der Waals surface area contributed by atoms with Crippen molar-refractivity contribution in [3.63, 3.8) is 0 Å². The number of amides is 1. The Balaban J connectivity index is 1.38. The van der Waals surface area contributed by atoms with E-state index in [2.05, 4.69) is 20.2 Å². The maximum atomic E-state index is 12.3. The molecule has 1 aromatic carbocycles. The molecule has 0 spiro atoms. The second-order valence-corrected chi connectivity index (χ2v) is 8.57. The molecule has 9 heteroatoms. The van der Waals surface area contributed by atoms with E-state index in [0.29, 0.717) is 23.1 Å². The lowest BCUT2D eigenvalue weighted by molar-refractivity contribution is 0.0878. The molecule has 3 rings (SSSR count). The largest absolute Gasteiger partial charge is 0.494 e. The summed E-state index contributed by atoms with van der Waals surface area (Å²) in [6.07, 6.45) is 7.57. The third kappa shape index (κ3) is 6.79. The number of anilines is 1. The molecule has 32 heavy (non-hydrogen) atoms. The first-order chi connectivity index (χ1) is 15.5. The number of nitrogens with one attached hydrogen (secondary N) is 1. The van der Waals surface area contributed by atoms with E-state index in [1.54, 1.807) is 24.5 Å². The zero-order chi connectivity index (χ0) is 22.9. The summed E-state index contributed by atoms with van der Waals surface area (Å²) in [5.74, 6) is 1.82. The minimum Gasteiger partial charge on any atom is -0.494 e. The quantitative estimate of drug-likeness (QED) is 0.466. The van der Waals surface area contributed by atoms with Crippen LogP contribution in [-0.2, 0) is 0 Å². The lowest BCUT2D eigenvalue weighted by Gasteiger charge is -2.31. The number of benzene rings is 1. The normalized spacial score (nSPS) is 14.6. The summed E-state index contributed by atoms with van der Waals surface area (Å²) in [4.78, 5) is 23.1. The standard InChI is InChI=1S/C23H31ClN4O4/c1-16-11-20(4-5-21(16)22(31)27-19(14-29)15-30)32-10-2-3-17-6-8-28(9-7-17)23-25-12-18(24)13-26-23/h4-5,11-13,17,19,29-30H,2-3,6-10,14-15H2,1H3,(H,27,31). The number of aliphatic hydroxyl groups is 2. The van der Waals surface area contributed by atoms with E-state index in [-0.39, 0.29) is 19.1 Å². The summed E-state index contributed by atoms with van der Waals surface area (Å²) >= 11 is 5.86. The van der Waals surface area contributed by atoms with Gasteiger partial charge in [0.15, 0.2) is 0 Å². The van der Waals surface area contributed by atoms with Gasteiger partial charge in [-0.25, -0.2) is 9.97 Å². The van der Waals surface area contributed by atoms with E-state index >= 15 is 0 Å². The highest BCUT2D eigenvalue weighted by atomic mass is 35.5. The molecule has 8 nitrogen and oxygen atoms in total. The molecule has 0 aliphatic carbocycles. The number of halogens is 1. The van der Waals surface area contributed by atoms with Crippen molar-refractivity contribution >= 4 is 23.5 Å². The Labute approximate surface area is 193 Å². The van der Waals surface area contributed by atoms with Crippen LogP contribution in [0.2, 0.25) is 5.02 Å². The Morgan fingerprint density at radius 3 is 2.56 bits per heavy atom. The Morgan fingerprint density at radius 1 is 1.25 bits per heavy atom. The van der Waals surface area contributed by atoms with Gasteiger partial charge in [-0.1, -0.05) is 11.6 Å². The van der Waals surface area contributed by atoms with Crippen LogP contribution in [0.4, 0.5) is 5.95 Å². The molecule has 3 N–H and O–H groups in total. The van der Waals surface area contributed by atoms with E-state index in [4.69, 9.17) is 26.6 Å². The van der Waals surface area contributed by atoms with E-state index in [1.807, 2.05) is 13.0 Å². The van der Waals surface area contributed by atoms with Gasteiger partial charge in [0, 0.05) is 18.7 Å². The fraction of sp³-hybridized carbons (Fsp3) is 0.522. The van der Waals surface area contributed by atoms with Gasteiger partial charge in [-0.2, -0.15) is 0 Å². The molecule has 0 bridgehead atoms. The van der Waals surface area contributed by atoms with Crippen molar-refractivity contribution < 1.29 is 19.7 Å². The number of rotatable bonds is 10. The first kappa shape index (κ1) is 24.2. The Bertz CT molecular complexity index is 869. The minimum atomic E-state index is -0.664. The number of hydrogen-bond acceptors (Lipinski definition) is 7. The third-order valence-electron chi connectivity index (χ3n) is 5.75. The zero-order valence-electron chi connectivity index (χ0n) is 18.3. The van der Waals surface area contributed by atoms with Crippen LogP contribution in [0.15, 0.2) is 30.6 Å². The number of hydrogen-bond donors (Lipinski definition) is 3. The van der Waals surface area contributed by atoms with E-state index in [9.17, 15) is 4.79 Å². The highest BCUT2D eigenvalue weighted by Crippen LogP contribution is 2.25. The van der Waals surface area contributed by atoms with Crippen LogP contribution in [0.3, 0.4) is 0 Å². The minimum absolute atomic E-state index is 0.309. The van der Waals surface area contributed by atoms with Crippen molar-refractivity contribution in [2.75, 3.05) is 37.8 Å². The van der Waals surface area contributed by atoms with E-state index in [1.165, 1.54) is 0 Å². The maximum Gasteiger partial charge on any atom is 0.251 e. The summed E-state index contributed by atoms with van der Waals surface area (Å²) < 4.78 is 5.88. The molecule has 0 atom stereocenters. The van der Waals surface area contributed by atoms with Gasteiger partial charge in [0.25, 0.3) is 5.91 Å². The molecule has 0 unspecified atom stereocenters. The summed E-state index contributed by atoms with van der Waals surface area (Å²) in [7, 11) is 0. The fourth-order valence-corrected chi connectivity index (χ4v) is 3.94. The first-order valence-electron chi connectivity index (χ1n) is 11.0. The molecule has 1 fully saturated rings. The topological polar surface area (TPSA) is 108 Å². The highest BCUT2D eigenvalue weighted by Gasteiger charge is 2.21. The fourth-order valence-electron chi connectivity index (χ4n) is 3.85. The second kappa shape index (κ2) is 12.0. The summed E-state index contributed by atoms with van der Waals surface area (Å²) in [5, 5.41) is 21.4. The Morgan fingerprint density at radius 2 is 1.94 bits per heavy atom. The molecule has 1 amide bonds. The van der Waals surface area contributed by atoms with Crippen molar-refractivity contribution in [3.8, 4) is 5.75 Å². The molecule has 174 valence electrons. The molecule has 0 saturated carbocycles. The Kier molecular flexibility index (Phi) is 9.08. The van der Waals surface area contributed by atoms with E-state index < -0.39 is 6.04 Å². The van der Waals surface area contributed by atoms with Crippen LogP contribution in [0.5, 0.6) is 5.75 Å². The van der Waals surface area contributed by atoms with Crippen molar-refractivity contribution in [2.24, 2.45) is 5.92 Å². The molecule has 1 aromatic heterocycles. The number of carbonyl (C=O) groups excluding carboxylic acids is 1. The summed E-state index contributed by atoms with van der Waals surface area (Å²) in [6.45, 7) is 3.74. The lowest BCUT2D eigenvalue weighted by atomic mass is 9.92. The van der Waals surface area contributed by atoms with Crippen LogP contribution in [0, 0.1) is 12.8 Å². The molecule has 1 aliphatic heterocycles. The van der Waals surface area contributed by atoms with Crippen LogP contribution in [0.25, 0.3) is 0 Å². The van der Waals surface area contributed by atoms with Gasteiger partial charge in [0.1, 0.15) is 5.75 Å². The van der Waals surface area contributed by atoms with Crippen molar-refractivity contribution in [1.29, 1.82) is 0 Å². The molecule has 0 radical (unpaired) electrons. The maximum absolute atomic E-state index is 12.3. The van der Waals surface area contributed by atoms with Gasteiger partial charge in [-0.05, 0) is 62.3 Å². The molecule has 1 saturated heterocycles. The van der Waals surface area contributed by atoms with Gasteiger partial charge in [0.05, 0.1) is 43.3 Å². The zero-order valence-corrected chi connectivity index (χ0v) is 19.1. The number of aliphatic hydroxyl groups excluding tert-OH is 2. The van der Waals surface area contributed by atoms with Gasteiger partial charge < -0.3 is 25.2 Å². The molecule has 2 aromatic rings. The van der Waals surface area contributed by atoms with Crippen molar-refractivity contribution in [1.82, 2.24) is 15.3 Å². The summed E-state index contributed by atoms with van der Waals surface area (Å²) in [6, 6.07) is 4.66. The van der Waals surface area contributed by atoms with Crippen LogP contribution < -0.4 is 15.0 Å². The predicted octanol–water partition coefficient (Wildman–Crippen LogP) is 2.60. The number of aryl methyl sites for hydroxylation is 1. The average molecular weight is 463 g/mol. The number of piperidine rings is 1. The van der Waals surface area contributed by atoms with Crippen LogP contribution >= 0.6 is 11.6 Å². The third-order valence-corrected chi connectivity index (χ3v) is 5.94. The summed E-state index contributed by atoms with van der Waals surface area (Å²) in [5.41, 5.74) is 1.28.